The molecule has 0 heterocycles. The first-order valence-corrected chi connectivity index (χ1v) is 7.59. The second-order valence-electron chi connectivity index (χ2n) is 5.15. The maximum Gasteiger partial charge on any atom is 0.239 e. The molecule has 0 saturated carbocycles. The van der Waals surface area contributed by atoms with Gasteiger partial charge in [-0.25, -0.2) is 0 Å². The van der Waals surface area contributed by atoms with Crippen LogP contribution in [0.15, 0.2) is 18.2 Å². The number of carbonyl (C=O) groups excluding carboxylic acids is 1. The maximum absolute atomic E-state index is 12.6. The van der Waals surface area contributed by atoms with Gasteiger partial charge >= 0.3 is 0 Å². The Hall–Kier alpha value is -1.26. The lowest BCUT2D eigenvalue weighted by atomic mass is 10.1. The molecular weight excluding hydrogens is 288 g/mol. The van der Waals surface area contributed by atoms with Crippen molar-refractivity contribution in [2.45, 2.75) is 32.9 Å². The summed E-state index contributed by atoms with van der Waals surface area (Å²) in [4.78, 5) is 16.4. The Morgan fingerprint density at radius 3 is 2.52 bits per heavy atom. The van der Waals surface area contributed by atoms with Crippen molar-refractivity contribution in [2.24, 2.45) is 0 Å². The minimum Gasteiger partial charge on any atom is -0.496 e. The first kappa shape index (κ1) is 17.8. The molecular formula is C16H25ClN2O2. The lowest BCUT2D eigenvalue weighted by Gasteiger charge is -2.29. The van der Waals surface area contributed by atoms with E-state index in [4.69, 9.17) is 16.3 Å². The average Bonchev–Trinajstić information content (AvgIpc) is 2.47. The number of nitrogens with zero attached hydrogens (tertiary/aromatic N) is 2. The summed E-state index contributed by atoms with van der Waals surface area (Å²) >= 11 is 6.03. The van der Waals surface area contributed by atoms with Gasteiger partial charge in [0, 0.05) is 24.2 Å². The number of ether oxygens (including phenoxy) is 1. The van der Waals surface area contributed by atoms with Crippen LogP contribution in [-0.4, -0.2) is 49.5 Å². The zero-order valence-corrected chi connectivity index (χ0v) is 14.3. The van der Waals surface area contributed by atoms with Gasteiger partial charge in [0.25, 0.3) is 0 Å². The largest absolute Gasteiger partial charge is 0.496 e. The third kappa shape index (κ3) is 4.61. The molecule has 1 aromatic rings. The van der Waals surface area contributed by atoms with Crippen molar-refractivity contribution in [3.8, 4) is 5.75 Å². The number of likely N-dealkylation sites (N-methyl/N-ethyl adjacent to an activating group) is 2. The Bertz CT molecular complexity index is 479. The number of hydrogen-bond donors (Lipinski definition) is 0. The van der Waals surface area contributed by atoms with E-state index in [1.807, 2.05) is 33.2 Å². The molecule has 0 aliphatic carbocycles. The van der Waals surface area contributed by atoms with E-state index >= 15 is 0 Å². The van der Waals surface area contributed by atoms with Crippen LogP contribution in [-0.2, 0) is 11.3 Å². The molecule has 5 heteroatoms. The zero-order chi connectivity index (χ0) is 16.0. The number of halogens is 1. The maximum atomic E-state index is 12.6. The highest BCUT2D eigenvalue weighted by Gasteiger charge is 2.24. The summed E-state index contributed by atoms with van der Waals surface area (Å²) in [6.07, 6.45) is 0.792. The second-order valence-corrected chi connectivity index (χ2v) is 5.58. The van der Waals surface area contributed by atoms with Gasteiger partial charge in [-0.1, -0.05) is 25.4 Å². The summed E-state index contributed by atoms with van der Waals surface area (Å²) in [5.74, 6) is 0.861. The Morgan fingerprint density at radius 2 is 2.00 bits per heavy atom. The van der Waals surface area contributed by atoms with E-state index in [1.165, 1.54) is 0 Å². The van der Waals surface area contributed by atoms with E-state index in [0.29, 0.717) is 11.6 Å². The predicted octanol–water partition coefficient (Wildman–Crippen LogP) is 3.04. The summed E-state index contributed by atoms with van der Waals surface area (Å²) in [6, 6.07) is 5.36. The first-order valence-electron chi connectivity index (χ1n) is 7.22. The van der Waals surface area contributed by atoms with Crippen molar-refractivity contribution in [1.29, 1.82) is 0 Å². The van der Waals surface area contributed by atoms with Crippen LogP contribution < -0.4 is 4.74 Å². The molecule has 21 heavy (non-hydrogen) atoms. The quantitative estimate of drug-likeness (QED) is 0.776. The number of benzene rings is 1. The topological polar surface area (TPSA) is 32.8 Å². The van der Waals surface area contributed by atoms with Crippen LogP contribution in [0.1, 0.15) is 25.8 Å². The van der Waals surface area contributed by atoms with Gasteiger partial charge in [-0.3, -0.25) is 9.69 Å². The van der Waals surface area contributed by atoms with Crippen LogP contribution in [0.25, 0.3) is 0 Å². The predicted molar refractivity (Wildman–Crippen MR) is 86.9 cm³/mol. The van der Waals surface area contributed by atoms with Crippen LogP contribution in [0.4, 0.5) is 0 Å². The number of rotatable bonds is 7. The number of hydrogen-bond acceptors (Lipinski definition) is 3. The summed E-state index contributed by atoms with van der Waals surface area (Å²) < 4.78 is 5.33. The Balaban J connectivity index is 2.87. The summed E-state index contributed by atoms with van der Waals surface area (Å²) in [7, 11) is 5.41. The molecule has 0 saturated heterocycles. The van der Waals surface area contributed by atoms with Gasteiger partial charge < -0.3 is 9.64 Å². The van der Waals surface area contributed by atoms with Crippen LogP contribution in [0, 0.1) is 0 Å². The van der Waals surface area contributed by atoms with E-state index in [2.05, 4.69) is 11.8 Å². The van der Waals surface area contributed by atoms with Crippen molar-refractivity contribution in [2.75, 3.05) is 27.7 Å². The van der Waals surface area contributed by atoms with Gasteiger partial charge in [0.1, 0.15) is 5.75 Å². The lowest BCUT2D eigenvalue weighted by Crippen LogP contribution is -2.45. The van der Waals surface area contributed by atoms with E-state index in [-0.39, 0.29) is 11.9 Å². The highest BCUT2D eigenvalue weighted by molar-refractivity contribution is 6.30. The monoisotopic (exact) mass is 312 g/mol. The lowest BCUT2D eigenvalue weighted by molar-refractivity contribution is -0.135. The summed E-state index contributed by atoms with van der Waals surface area (Å²) in [5, 5.41) is 0.643. The fraction of sp³-hybridized carbons (Fsp3) is 0.562. The molecule has 0 spiro atoms. The number of methoxy groups -OCH3 is 1. The Morgan fingerprint density at radius 1 is 1.33 bits per heavy atom. The fourth-order valence-electron chi connectivity index (χ4n) is 2.35. The second kappa shape index (κ2) is 8.25. The van der Waals surface area contributed by atoms with Crippen molar-refractivity contribution in [3.05, 3.63) is 28.8 Å². The van der Waals surface area contributed by atoms with Gasteiger partial charge in [-0.15, -0.1) is 0 Å². The molecule has 0 aliphatic rings. The van der Waals surface area contributed by atoms with Gasteiger partial charge in [0.05, 0.1) is 13.2 Å². The Kier molecular flexibility index (Phi) is 6.99. The van der Waals surface area contributed by atoms with Gasteiger partial charge in [0.15, 0.2) is 0 Å². The number of amides is 1. The third-order valence-corrected chi connectivity index (χ3v) is 3.96. The van der Waals surface area contributed by atoms with E-state index in [1.54, 1.807) is 18.1 Å². The van der Waals surface area contributed by atoms with Crippen molar-refractivity contribution < 1.29 is 9.53 Å². The van der Waals surface area contributed by atoms with E-state index in [9.17, 15) is 4.79 Å². The van der Waals surface area contributed by atoms with Crippen LogP contribution in [0.5, 0.6) is 5.75 Å². The van der Waals surface area contributed by atoms with Crippen molar-refractivity contribution in [3.63, 3.8) is 0 Å². The molecule has 0 radical (unpaired) electrons. The molecule has 0 aliphatic heterocycles. The van der Waals surface area contributed by atoms with Gasteiger partial charge in [0.2, 0.25) is 5.91 Å². The van der Waals surface area contributed by atoms with E-state index in [0.717, 1.165) is 24.3 Å². The summed E-state index contributed by atoms with van der Waals surface area (Å²) in [6.45, 7) is 5.41. The third-order valence-electron chi connectivity index (χ3n) is 3.73. The minimum atomic E-state index is -0.0924. The molecule has 1 unspecified atom stereocenters. The van der Waals surface area contributed by atoms with Crippen molar-refractivity contribution >= 4 is 17.5 Å². The first-order chi connectivity index (χ1) is 9.94. The highest BCUT2D eigenvalue weighted by atomic mass is 35.5. The normalized spacial score (nSPS) is 12.3. The molecule has 1 amide bonds. The molecule has 118 valence electrons. The summed E-state index contributed by atoms with van der Waals surface area (Å²) in [5.41, 5.74) is 0.912. The fourth-order valence-corrected chi connectivity index (χ4v) is 2.55. The van der Waals surface area contributed by atoms with Gasteiger partial charge in [-0.05, 0) is 38.2 Å². The molecule has 1 rings (SSSR count). The molecule has 1 atom stereocenters. The molecule has 0 bridgehead atoms. The Labute approximate surface area is 132 Å². The highest BCUT2D eigenvalue weighted by Crippen LogP contribution is 2.24. The molecule has 1 aromatic carbocycles. The molecule has 0 fully saturated rings. The molecule has 0 N–H and O–H groups in total. The van der Waals surface area contributed by atoms with E-state index < -0.39 is 0 Å². The van der Waals surface area contributed by atoms with Gasteiger partial charge in [-0.2, -0.15) is 0 Å². The SMILES string of the molecule is CCC(C(=O)N(C)Cc1cc(Cl)ccc1OC)N(C)CC. The molecule has 4 nitrogen and oxygen atoms in total. The number of carbonyl (C=O) groups is 1. The smallest absolute Gasteiger partial charge is 0.239 e. The minimum absolute atomic E-state index is 0.0924. The average molecular weight is 313 g/mol. The van der Waals surface area contributed by atoms with Crippen LogP contribution in [0.2, 0.25) is 5.02 Å². The zero-order valence-electron chi connectivity index (χ0n) is 13.5. The van der Waals surface area contributed by atoms with Crippen LogP contribution >= 0.6 is 11.6 Å². The molecule has 0 aromatic heterocycles. The van der Waals surface area contributed by atoms with Crippen molar-refractivity contribution in [1.82, 2.24) is 9.80 Å². The standard InChI is InChI=1S/C16H25ClN2O2/c1-6-14(18(3)7-2)16(20)19(4)11-12-10-13(17)8-9-15(12)21-5/h8-10,14H,6-7,11H2,1-5H3. The van der Waals surface area contributed by atoms with Crippen LogP contribution in [0.3, 0.4) is 0 Å².